The lowest BCUT2D eigenvalue weighted by molar-refractivity contribution is -0.195. The van der Waals surface area contributed by atoms with E-state index in [2.05, 4.69) is 37.0 Å². The van der Waals surface area contributed by atoms with Crippen LogP contribution in [0.2, 0.25) is 5.15 Å². The van der Waals surface area contributed by atoms with Gasteiger partial charge < -0.3 is 20.5 Å². The van der Waals surface area contributed by atoms with Gasteiger partial charge in [0.1, 0.15) is 0 Å². The van der Waals surface area contributed by atoms with Crippen molar-refractivity contribution in [3.05, 3.63) is 90.0 Å². The van der Waals surface area contributed by atoms with E-state index in [9.17, 15) is 32.7 Å². The van der Waals surface area contributed by atoms with Crippen LogP contribution in [0.5, 0.6) is 0 Å². The Morgan fingerprint density at radius 1 is 1.04 bits per heavy atom. The number of alkyl halides is 3. The van der Waals surface area contributed by atoms with Gasteiger partial charge in [0.15, 0.2) is 16.7 Å². The molecule has 1 saturated carbocycles. The Hall–Kier alpha value is -5.48. The van der Waals surface area contributed by atoms with E-state index < -0.39 is 29.8 Å². The maximum Gasteiger partial charge on any atom is 0.491 e. The summed E-state index contributed by atoms with van der Waals surface area (Å²) >= 11 is 6.46. The Morgan fingerprint density at radius 2 is 1.76 bits per heavy atom. The van der Waals surface area contributed by atoms with Crippen molar-refractivity contribution >= 4 is 64.0 Å². The Balaban J connectivity index is 1.30. The van der Waals surface area contributed by atoms with Crippen molar-refractivity contribution in [2.75, 3.05) is 20.4 Å². The van der Waals surface area contributed by atoms with Gasteiger partial charge in [-0.2, -0.15) is 23.3 Å². The first kappa shape index (κ1) is 33.4. The van der Waals surface area contributed by atoms with Crippen LogP contribution in [0.1, 0.15) is 37.3 Å². The zero-order chi connectivity index (χ0) is 34.9. The number of esters is 1. The number of hydrogen-bond acceptors (Lipinski definition) is 9. The number of benzene rings is 2. The molecule has 3 amide bonds. The number of rotatable bonds is 8. The number of carbonyl (C=O) groups excluding carboxylic acids is 3. The molecular formula is C32H28ClF3N8O5. The first-order chi connectivity index (χ1) is 23.4. The fraction of sp³-hybridized carbons (Fsp3) is 0.250. The maximum atomic E-state index is 14.1. The first-order valence-corrected chi connectivity index (χ1v) is 15.4. The van der Waals surface area contributed by atoms with Crippen LogP contribution in [0, 0.1) is 0 Å². The van der Waals surface area contributed by atoms with E-state index >= 15 is 0 Å². The zero-order valence-electron chi connectivity index (χ0n) is 25.5. The van der Waals surface area contributed by atoms with Gasteiger partial charge in [-0.3, -0.25) is 14.4 Å². The predicted octanol–water partition coefficient (Wildman–Crippen LogP) is 6.38. The molecule has 1 aliphatic carbocycles. The average molecular weight is 697 g/mol. The van der Waals surface area contributed by atoms with E-state index in [1.54, 1.807) is 47.4 Å². The SMILES string of the molecule is C=C(OC(=O)C(F)(F)F)C(=O)Nc1cccc(N2C(=O)N(c3ccccc3)Cc3cnc(Nc4cn(C5CCC(O)CC5)nc4Cl)nc32)c1. The summed E-state index contributed by atoms with van der Waals surface area (Å²) in [7, 11) is 0. The highest BCUT2D eigenvalue weighted by atomic mass is 35.5. The molecule has 1 fully saturated rings. The summed E-state index contributed by atoms with van der Waals surface area (Å²) < 4.78 is 43.6. The molecule has 0 unspecified atom stereocenters. The number of carbonyl (C=O) groups is 3. The molecule has 1 aliphatic heterocycles. The van der Waals surface area contributed by atoms with Crippen molar-refractivity contribution in [3.8, 4) is 0 Å². The predicted molar refractivity (Wildman–Crippen MR) is 173 cm³/mol. The summed E-state index contributed by atoms with van der Waals surface area (Å²) in [4.78, 5) is 49.7. The number of nitrogens with one attached hydrogen (secondary N) is 2. The molecule has 13 nitrogen and oxygen atoms in total. The maximum absolute atomic E-state index is 14.1. The fourth-order valence-corrected chi connectivity index (χ4v) is 5.66. The summed E-state index contributed by atoms with van der Waals surface area (Å²) in [6.07, 6.45) is 0.459. The number of aromatic nitrogens is 4. The molecule has 3 heterocycles. The number of para-hydroxylation sites is 1. The number of aliphatic hydroxyl groups excluding tert-OH is 1. The Morgan fingerprint density at radius 3 is 2.47 bits per heavy atom. The van der Waals surface area contributed by atoms with Gasteiger partial charge in [-0.05, 0) is 56.0 Å². The highest BCUT2D eigenvalue weighted by molar-refractivity contribution is 6.32. The molecule has 0 atom stereocenters. The molecule has 17 heteroatoms. The molecule has 0 spiro atoms. The molecular weight excluding hydrogens is 669 g/mol. The fourth-order valence-electron chi connectivity index (χ4n) is 5.48. The lowest BCUT2D eigenvalue weighted by atomic mass is 9.93. The third kappa shape index (κ3) is 7.34. The van der Waals surface area contributed by atoms with Crippen LogP contribution < -0.4 is 20.4 Å². The lowest BCUT2D eigenvalue weighted by Gasteiger charge is -2.36. The number of ether oxygens (including phenoxy) is 1. The Kier molecular flexibility index (Phi) is 9.25. The van der Waals surface area contributed by atoms with Crippen LogP contribution in [0.15, 0.2) is 79.3 Å². The van der Waals surface area contributed by atoms with Crippen LogP contribution in [0.25, 0.3) is 0 Å². The van der Waals surface area contributed by atoms with Gasteiger partial charge in [0, 0.05) is 23.1 Å². The van der Waals surface area contributed by atoms with Crippen molar-refractivity contribution in [2.24, 2.45) is 0 Å². The van der Waals surface area contributed by atoms with Crippen LogP contribution in [-0.4, -0.2) is 55.0 Å². The summed E-state index contributed by atoms with van der Waals surface area (Å²) in [6.45, 7) is 3.23. The minimum atomic E-state index is -5.32. The standard InChI is InChI=1S/C32H28ClF3N8O5/c1-18(49-29(47)32(34,35)36)28(46)38-20-6-5-9-23(14-20)44-27-19(16-42(31(44)48)21-7-3-2-4-8-21)15-37-30(40-27)39-25-17-43(41-26(25)33)22-10-12-24(45)13-11-22/h2-9,14-15,17,22,24,45H,1,10-13,16H2,(H,38,46)(H,37,39,40). The molecule has 254 valence electrons. The number of fused-ring (bicyclic) bond motifs is 1. The minimum Gasteiger partial charge on any atom is -0.415 e. The summed E-state index contributed by atoms with van der Waals surface area (Å²) in [5.41, 5.74) is 1.88. The zero-order valence-corrected chi connectivity index (χ0v) is 26.3. The minimum absolute atomic E-state index is 0.0553. The van der Waals surface area contributed by atoms with Crippen molar-refractivity contribution in [1.29, 1.82) is 0 Å². The van der Waals surface area contributed by atoms with E-state index in [4.69, 9.17) is 11.6 Å². The molecule has 3 N–H and O–H groups in total. The number of urea groups is 1. The largest absolute Gasteiger partial charge is 0.491 e. The second-order valence-electron chi connectivity index (χ2n) is 11.3. The van der Waals surface area contributed by atoms with Crippen LogP contribution in [-0.2, 0) is 20.9 Å². The number of hydrogen-bond donors (Lipinski definition) is 3. The molecule has 2 aromatic carbocycles. The third-order valence-corrected chi connectivity index (χ3v) is 8.19. The molecule has 0 saturated heterocycles. The van der Waals surface area contributed by atoms with Crippen molar-refractivity contribution in [3.63, 3.8) is 0 Å². The highest BCUT2D eigenvalue weighted by Crippen LogP contribution is 2.38. The van der Waals surface area contributed by atoms with Gasteiger partial charge in [0.05, 0.1) is 36.3 Å². The van der Waals surface area contributed by atoms with E-state index in [0.29, 0.717) is 29.8 Å². The van der Waals surface area contributed by atoms with E-state index in [1.807, 2.05) is 6.07 Å². The molecule has 49 heavy (non-hydrogen) atoms. The van der Waals surface area contributed by atoms with Crippen molar-refractivity contribution in [1.82, 2.24) is 19.7 Å². The molecule has 0 radical (unpaired) electrons. The second kappa shape index (κ2) is 13.6. The normalized spacial score (nSPS) is 17.7. The average Bonchev–Trinajstić information content (AvgIpc) is 3.44. The number of amides is 3. The Bertz CT molecular complexity index is 1910. The first-order valence-electron chi connectivity index (χ1n) is 15.0. The van der Waals surface area contributed by atoms with Gasteiger partial charge in [0.25, 0.3) is 5.91 Å². The summed E-state index contributed by atoms with van der Waals surface area (Å²) in [6, 6.07) is 14.3. The third-order valence-electron chi connectivity index (χ3n) is 7.91. The van der Waals surface area contributed by atoms with E-state index in [1.165, 1.54) is 28.0 Å². The van der Waals surface area contributed by atoms with Gasteiger partial charge >= 0.3 is 18.2 Å². The number of halogens is 4. The Labute approximate surface area is 282 Å². The quantitative estimate of drug-likeness (QED) is 0.108. The number of aliphatic hydroxyl groups is 1. The number of nitrogens with zero attached hydrogens (tertiary/aromatic N) is 6. The van der Waals surface area contributed by atoms with Gasteiger partial charge in [0.2, 0.25) is 5.95 Å². The molecule has 0 bridgehead atoms. The van der Waals surface area contributed by atoms with E-state index in [0.717, 1.165) is 12.8 Å². The molecule has 2 aliphatic rings. The van der Waals surface area contributed by atoms with Gasteiger partial charge in [-0.1, -0.05) is 42.4 Å². The van der Waals surface area contributed by atoms with Crippen LogP contribution in [0.4, 0.5) is 52.5 Å². The highest BCUT2D eigenvalue weighted by Gasteiger charge is 2.42. The lowest BCUT2D eigenvalue weighted by Crippen LogP contribution is -2.45. The number of anilines is 6. The summed E-state index contributed by atoms with van der Waals surface area (Å²) in [5, 5.41) is 19.9. The summed E-state index contributed by atoms with van der Waals surface area (Å²) in [5.74, 6) is -4.55. The van der Waals surface area contributed by atoms with Crippen molar-refractivity contribution < 1.29 is 37.4 Å². The van der Waals surface area contributed by atoms with Crippen LogP contribution >= 0.6 is 11.6 Å². The van der Waals surface area contributed by atoms with Gasteiger partial charge in [-0.15, -0.1) is 0 Å². The van der Waals surface area contributed by atoms with Gasteiger partial charge in [-0.25, -0.2) is 19.5 Å². The van der Waals surface area contributed by atoms with Crippen LogP contribution in [0.3, 0.4) is 0 Å². The second-order valence-corrected chi connectivity index (χ2v) is 11.7. The van der Waals surface area contributed by atoms with Crippen molar-refractivity contribution in [2.45, 2.75) is 50.6 Å². The topological polar surface area (TPSA) is 155 Å². The molecule has 4 aromatic rings. The monoisotopic (exact) mass is 696 g/mol. The smallest absolute Gasteiger partial charge is 0.415 e. The molecule has 2 aromatic heterocycles. The molecule has 6 rings (SSSR count). The van der Waals surface area contributed by atoms with E-state index in [-0.39, 0.29) is 47.0 Å².